The van der Waals surface area contributed by atoms with Crippen LogP contribution in [0.2, 0.25) is 0 Å². The summed E-state index contributed by atoms with van der Waals surface area (Å²) in [6, 6.07) is 11.5. The number of benzene rings is 2. The van der Waals surface area contributed by atoms with Gasteiger partial charge in [-0.25, -0.2) is 9.07 Å². The number of hydrogen-bond donors (Lipinski definition) is 1. The maximum absolute atomic E-state index is 14.1. The Balaban J connectivity index is 1.96. The van der Waals surface area contributed by atoms with Crippen molar-refractivity contribution in [2.75, 3.05) is 7.05 Å². The lowest BCUT2D eigenvalue weighted by molar-refractivity contribution is -0.142. The largest absolute Gasteiger partial charge is 0.434 e. The van der Waals surface area contributed by atoms with Gasteiger partial charge in [0.1, 0.15) is 17.1 Å². The number of halogens is 4. The first kappa shape index (κ1) is 21.3. The third-order valence-electron chi connectivity index (χ3n) is 4.81. The van der Waals surface area contributed by atoms with Crippen molar-refractivity contribution < 1.29 is 26.9 Å². The molecular formula is C22H16F4N4O2. The van der Waals surface area contributed by atoms with Gasteiger partial charge in [0, 0.05) is 12.6 Å². The van der Waals surface area contributed by atoms with Crippen LogP contribution < -0.4 is 5.32 Å². The van der Waals surface area contributed by atoms with E-state index in [-0.39, 0.29) is 16.9 Å². The Morgan fingerprint density at radius 1 is 1.12 bits per heavy atom. The van der Waals surface area contributed by atoms with E-state index in [9.17, 15) is 22.4 Å². The molecule has 4 aromatic rings. The van der Waals surface area contributed by atoms with Crippen LogP contribution >= 0.6 is 0 Å². The Labute approximate surface area is 179 Å². The fourth-order valence-electron chi connectivity index (χ4n) is 3.31. The minimum absolute atomic E-state index is 0.0889. The molecule has 0 atom stereocenters. The number of nitrogens with one attached hydrogen (secondary N) is 1. The number of rotatable bonds is 4. The van der Waals surface area contributed by atoms with E-state index in [2.05, 4.69) is 15.6 Å². The SMILES string of the molecule is CNC(=O)c1c(-c2ccc(C)cc2)noc1-c1cnn(-c2cccc(F)c2)c1C(F)(F)F. The molecule has 4 rings (SSSR count). The molecule has 0 aliphatic rings. The van der Waals surface area contributed by atoms with Crippen LogP contribution in [-0.4, -0.2) is 27.9 Å². The summed E-state index contributed by atoms with van der Waals surface area (Å²) in [6.07, 6.45) is -3.98. The summed E-state index contributed by atoms with van der Waals surface area (Å²) in [7, 11) is 1.35. The number of aryl methyl sites for hydroxylation is 1. The van der Waals surface area contributed by atoms with Crippen molar-refractivity contribution in [3.8, 4) is 28.3 Å². The van der Waals surface area contributed by atoms with Crippen molar-refractivity contribution in [1.29, 1.82) is 0 Å². The summed E-state index contributed by atoms with van der Waals surface area (Å²) in [5.74, 6) is -1.79. The van der Waals surface area contributed by atoms with E-state index in [4.69, 9.17) is 4.52 Å². The number of aromatic nitrogens is 3. The van der Waals surface area contributed by atoms with Gasteiger partial charge in [0.25, 0.3) is 5.91 Å². The minimum Gasteiger partial charge on any atom is -0.355 e. The fourth-order valence-corrected chi connectivity index (χ4v) is 3.31. The topological polar surface area (TPSA) is 73.0 Å². The van der Waals surface area contributed by atoms with Crippen LogP contribution in [0.1, 0.15) is 21.6 Å². The average Bonchev–Trinajstić information content (AvgIpc) is 3.38. The molecule has 0 saturated carbocycles. The summed E-state index contributed by atoms with van der Waals surface area (Å²) in [5, 5.41) is 10.1. The second-order valence-corrected chi connectivity index (χ2v) is 6.98. The van der Waals surface area contributed by atoms with Crippen LogP contribution in [-0.2, 0) is 6.18 Å². The normalized spacial score (nSPS) is 11.6. The Kier molecular flexibility index (Phi) is 5.29. The van der Waals surface area contributed by atoms with Crippen molar-refractivity contribution in [3.63, 3.8) is 0 Å². The highest BCUT2D eigenvalue weighted by atomic mass is 19.4. The highest BCUT2D eigenvalue weighted by Gasteiger charge is 2.41. The molecule has 0 fully saturated rings. The molecule has 164 valence electrons. The highest BCUT2D eigenvalue weighted by Crippen LogP contribution is 2.41. The lowest BCUT2D eigenvalue weighted by Gasteiger charge is -2.12. The number of nitrogens with zero attached hydrogens (tertiary/aromatic N) is 3. The van der Waals surface area contributed by atoms with E-state index in [0.29, 0.717) is 10.2 Å². The molecule has 0 radical (unpaired) electrons. The van der Waals surface area contributed by atoms with Gasteiger partial charge in [0.2, 0.25) is 0 Å². The predicted octanol–water partition coefficient (Wildman–Crippen LogP) is 5.02. The monoisotopic (exact) mass is 444 g/mol. The quantitative estimate of drug-likeness (QED) is 0.449. The third kappa shape index (κ3) is 3.75. The lowest BCUT2D eigenvalue weighted by atomic mass is 10.0. The zero-order valence-electron chi connectivity index (χ0n) is 16.9. The second kappa shape index (κ2) is 7.95. The Morgan fingerprint density at radius 3 is 2.47 bits per heavy atom. The van der Waals surface area contributed by atoms with Crippen molar-refractivity contribution >= 4 is 5.91 Å². The van der Waals surface area contributed by atoms with Gasteiger partial charge in [0.15, 0.2) is 11.5 Å². The summed E-state index contributed by atoms with van der Waals surface area (Å²) >= 11 is 0. The van der Waals surface area contributed by atoms with E-state index < -0.39 is 34.9 Å². The summed E-state index contributed by atoms with van der Waals surface area (Å²) in [5.41, 5.74) is -0.481. The molecule has 1 amide bonds. The molecule has 0 bridgehead atoms. The van der Waals surface area contributed by atoms with Gasteiger partial charge in [-0.1, -0.05) is 41.1 Å². The lowest BCUT2D eigenvalue weighted by Crippen LogP contribution is -2.19. The molecule has 1 N–H and O–H groups in total. The van der Waals surface area contributed by atoms with E-state index in [0.717, 1.165) is 23.9 Å². The average molecular weight is 444 g/mol. The maximum Gasteiger partial charge on any atom is 0.434 e. The number of carbonyl (C=O) groups is 1. The first-order chi connectivity index (χ1) is 15.2. The number of carbonyl (C=O) groups excluding carboxylic acids is 1. The van der Waals surface area contributed by atoms with Crippen molar-refractivity contribution in [3.05, 3.63) is 77.4 Å². The smallest absolute Gasteiger partial charge is 0.355 e. The minimum atomic E-state index is -4.89. The molecule has 2 heterocycles. The summed E-state index contributed by atoms with van der Waals surface area (Å²) in [4.78, 5) is 12.6. The zero-order valence-corrected chi connectivity index (χ0v) is 16.9. The zero-order chi connectivity index (χ0) is 23.0. The van der Waals surface area contributed by atoms with Gasteiger partial charge in [-0.15, -0.1) is 0 Å². The third-order valence-corrected chi connectivity index (χ3v) is 4.81. The van der Waals surface area contributed by atoms with E-state index in [1.807, 2.05) is 6.92 Å². The Hall–Kier alpha value is -3.95. The summed E-state index contributed by atoms with van der Waals surface area (Å²) in [6.45, 7) is 1.87. The number of alkyl halides is 3. The van der Waals surface area contributed by atoms with Crippen LogP contribution in [0.3, 0.4) is 0 Å². The van der Waals surface area contributed by atoms with Gasteiger partial charge in [-0.2, -0.15) is 18.3 Å². The molecule has 2 aromatic heterocycles. The van der Waals surface area contributed by atoms with E-state index >= 15 is 0 Å². The standard InChI is InChI=1S/C22H16F4N4O2/c1-12-6-8-13(9-7-12)18-17(21(31)27-2)19(32-29-18)16-11-28-30(20(16)22(24,25)26)15-5-3-4-14(23)10-15/h3-11H,1-2H3,(H,27,31). The fraction of sp³-hybridized carbons (Fsp3) is 0.136. The predicted molar refractivity (Wildman–Crippen MR) is 108 cm³/mol. The number of amides is 1. The number of hydrogen-bond acceptors (Lipinski definition) is 4. The van der Waals surface area contributed by atoms with Crippen molar-refractivity contribution in [1.82, 2.24) is 20.3 Å². The maximum atomic E-state index is 14.1. The van der Waals surface area contributed by atoms with Crippen LogP contribution in [0, 0.1) is 12.7 Å². The van der Waals surface area contributed by atoms with Gasteiger partial charge in [0.05, 0.1) is 17.4 Å². The van der Waals surface area contributed by atoms with Crippen LogP contribution in [0.15, 0.2) is 59.3 Å². The van der Waals surface area contributed by atoms with Crippen molar-refractivity contribution in [2.24, 2.45) is 0 Å². The van der Waals surface area contributed by atoms with Gasteiger partial charge >= 0.3 is 6.18 Å². The highest BCUT2D eigenvalue weighted by molar-refractivity contribution is 6.05. The molecule has 0 aliphatic carbocycles. The molecule has 10 heteroatoms. The van der Waals surface area contributed by atoms with Crippen LogP contribution in [0.25, 0.3) is 28.3 Å². The van der Waals surface area contributed by atoms with Crippen LogP contribution in [0.4, 0.5) is 17.6 Å². The van der Waals surface area contributed by atoms with E-state index in [1.54, 1.807) is 24.3 Å². The Bertz CT molecular complexity index is 1290. The molecular weight excluding hydrogens is 428 g/mol. The van der Waals surface area contributed by atoms with Gasteiger partial charge < -0.3 is 9.84 Å². The molecule has 0 aliphatic heterocycles. The molecule has 0 spiro atoms. The van der Waals surface area contributed by atoms with Crippen molar-refractivity contribution in [2.45, 2.75) is 13.1 Å². The summed E-state index contributed by atoms with van der Waals surface area (Å²) < 4.78 is 61.7. The van der Waals surface area contributed by atoms with E-state index in [1.165, 1.54) is 19.2 Å². The van der Waals surface area contributed by atoms with Gasteiger partial charge in [-0.05, 0) is 25.1 Å². The molecule has 0 saturated heterocycles. The molecule has 0 unspecified atom stereocenters. The molecule has 32 heavy (non-hydrogen) atoms. The molecule has 2 aromatic carbocycles. The first-order valence-electron chi connectivity index (χ1n) is 9.41. The second-order valence-electron chi connectivity index (χ2n) is 6.98. The Morgan fingerprint density at radius 2 is 1.84 bits per heavy atom. The van der Waals surface area contributed by atoms with Gasteiger partial charge in [-0.3, -0.25) is 4.79 Å². The molecule has 6 nitrogen and oxygen atoms in total. The first-order valence-corrected chi connectivity index (χ1v) is 9.41. The van der Waals surface area contributed by atoms with Crippen LogP contribution in [0.5, 0.6) is 0 Å².